The summed E-state index contributed by atoms with van der Waals surface area (Å²) >= 11 is 14.0. The van der Waals surface area contributed by atoms with Crippen molar-refractivity contribution >= 4 is 40.2 Å². The van der Waals surface area contributed by atoms with Gasteiger partial charge >= 0.3 is 0 Å². The molecule has 94 valence electrons. The molecule has 0 saturated heterocycles. The smallest absolute Gasteiger partial charge is 0.147 e. The Morgan fingerprint density at radius 2 is 2.00 bits per heavy atom. The van der Waals surface area contributed by atoms with Gasteiger partial charge in [0.05, 0.1) is 4.47 Å². The highest BCUT2D eigenvalue weighted by Gasteiger charge is 2.08. The number of hydrogen-bond donors (Lipinski definition) is 1. The lowest BCUT2D eigenvalue weighted by atomic mass is 10.2. The van der Waals surface area contributed by atoms with Crippen molar-refractivity contribution in [1.29, 1.82) is 0 Å². The van der Waals surface area contributed by atoms with Gasteiger partial charge in [-0.2, -0.15) is 0 Å². The van der Waals surface area contributed by atoms with Crippen LogP contribution in [0.4, 0.5) is 0 Å². The van der Waals surface area contributed by atoms with Crippen LogP contribution in [0.1, 0.15) is 11.1 Å². The third-order valence-electron chi connectivity index (χ3n) is 2.50. The van der Waals surface area contributed by atoms with E-state index in [1.165, 1.54) is 0 Å². The Morgan fingerprint density at radius 3 is 2.67 bits per heavy atom. The number of rotatable bonds is 3. The first-order valence-electron chi connectivity index (χ1n) is 5.43. The summed E-state index contributed by atoms with van der Waals surface area (Å²) in [6.45, 7) is 2.44. The van der Waals surface area contributed by atoms with Crippen molar-refractivity contribution in [1.82, 2.24) is 0 Å². The van der Waals surface area contributed by atoms with Crippen molar-refractivity contribution in [3.63, 3.8) is 0 Å². The molecule has 0 fully saturated rings. The maximum absolute atomic E-state index is 6.08. The van der Waals surface area contributed by atoms with Crippen LogP contribution in [0, 0.1) is 6.92 Å². The Morgan fingerprint density at radius 1 is 1.28 bits per heavy atom. The molecule has 2 aromatic carbocycles. The number of aryl methyl sites for hydroxylation is 1. The zero-order valence-electron chi connectivity index (χ0n) is 9.78. The van der Waals surface area contributed by atoms with E-state index in [-0.39, 0.29) is 0 Å². The molecule has 0 bridgehead atoms. The van der Waals surface area contributed by atoms with Crippen LogP contribution < -0.4 is 4.74 Å². The fraction of sp³-hybridized carbons (Fsp3) is 0.143. The van der Waals surface area contributed by atoms with E-state index >= 15 is 0 Å². The van der Waals surface area contributed by atoms with Gasteiger partial charge in [0.1, 0.15) is 12.4 Å². The average molecular weight is 344 g/mol. The number of halogens is 2. The maximum atomic E-state index is 6.08. The molecule has 0 radical (unpaired) electrons. The van der Waals surface area contributed by atoms with Crippen LogP contribution in [0.3, 0.4) is 0 Å². The highest BCUT2D eigenvalue weighted by atomic mass is 79.9. The van der Waals surface area contributed by atoms with Crippen LogP contribution in [-0.4, -0.2) is 0 Å². The summed E-state index contributed by atoms with van der Waals surface area (Å²) in [7, 11) is 0. The highest BCUT2D eigenvalue weighted by molar-refractivity contribution is 9.10. The summed E-state index contributed by atoms with van der Waals surface area (Å²) in [5.74, 6) is 0.740. The van der Waals surface area contributed by atoms with Crippen LogP contribution in [0.25, 0.3) is 0 Å². The lowest BCUT2D eigenvalue weighted by Gasteiger charge is -2.12. The number of thiol groups is 1. The Bertz CT molecular complexity index is 548. The fourth-order valence-electron chi connectivity index (χ4n) is 1.62. The molecule has 18 heavy (non-hydrogen) atoms. The van der Waals surface area contributed by atoms with Gasteiger partial charge in [-0.15, -0.1) is 12.6 Å². The molecule has 0 spiro atoms. The molecule has 0 heterocycles. The Balaban J connectivity index is 2.19. The van der Waals surface area contributed by atoms with Crippen molar-refractivity contribution in [2.75, 3.05) is 0 Å². The normalized spacial score (nSPS) is 10.4. The third-order valence-corrected chi connectivity index (χ3v) is 3.79. The minimum absolute atomic E-state index is 0.425. The molecule has 0 aliphatic carbocycles. The highest BCUT2D eigenvalue weighted by Crippen LogP contribution is 2.34. The number of benzene rings is 2. The lowest BCUT2D eigenvalue weighted by Crippen LogP contribution is -1.98. The zero-order chi connectivity index (χ0) is 13.1. The van der Waals surface area contributed by atoms with Crippen LogP contribution >= 0.6 is 40.2 Å². The molecule has 0 saturated carbocycles. The molecule has 0 unspecified atom stereocenters. The molecule has 0 aliphatic heterocycles. The topological polar surface area (TPSA) is 9.23 Å². The fourth-order valence-corrected chi connectivity index (χ4v) is 3.04. The van der Waals surface area contributed by atoms with Gasteiger partial charge in [-0.3, -0.25) is 0 Å². The second kappa shape index (κ2) is 6.00. The van der Waals surface area contributed by atoms with Crippen molar-refractivity contribution in [2.45, 2.75) is 18.4 Å². The van der Waals surface area contributed by atoms with Crippen LogP contribution in [0.15, 0.2) is 45.8 Å². The summed E-state index contributed by atoms with van der Waals surface area (Å²) in [4.78, 5) is 0.814. The standard InChI is InChI=1S/C14H12BrClOS/c1-9-6-11(15)14(13(18)7-9)17-8-10-4-2-3-5-12(10)16/h2-7,18H,8H2,1H3. The van der Waals surface area contributed by atoms with E-state index in [9.17, 15) is 0 Å². The Hall–Kier alpha value is -0.640. The lowest BCUT2D eigenvalue weighted by molar-refractivity contribution is 0.297. The van der Waals surface area contributed by atoms with E-state index in [0.29, 0.717) is 11.6 Å². The van der Waals surface area contributed by atoms with E-state index < -0.39 is 0 Å². The second-order valence-corrected chi connectivity index (χ2v) is 5.72. The van der Waals surface area contributed by atoms with E-state index in [0.717, 1.165) is 26.2 Å². The van der Waals surface area contributed by atoms with Gasteiger partial charge in [-0.25, -0.2) is 0 Å². The predicted octanol–water partition coefficient (Wildman–Crippen LogP) is 5.28. The first kappa shape index (κ1) is 13.8. The summed E-state index contributed by atoms with van der Waals surface area (Å²) in [5, 5.41) is 0.710. The van der Waals surface area contributed by atoms with Gasteiger partial charge in [-0.1, -0.05) is 29.8 Å². The van der Waals surface area contributed by atoms with E-state index in [2.05, 4.69) is 28.6 Å². The van der Waals surface area contributed by atoms with Crippen molar-refractivity contribution in [3.05, 3.63) is 57.0 Å². The van der Waals surface area contributed by atoms with Gasteiger partial charge in [-0.05, 0) is 46.6 Å². The summed E-state index contributed by atoms with van der Waals surface area (Å²) in [6, 6.07) is 11.6. The molecule has 0 atom stereocenters. The summed E-state index contributed by atoms with van der Waals surface area (Å²) in [6.07, 6.45) is 0. The molecule has 2 aromatic rings. The molecule has 1 nitrogen and oxygen atoms in total. The molecular weight excluding hydrogens is 332 g/mol. The first-order chi connectivity index (χ1) is 8.58. The van der Waals surface area contributed by atoms with E-state index in [4.69, 9.17) is 16.3 Å². The molecule has 0 aliphatic rings. The molecule has 2 rings (SSSR count). The predicted molar refractivity (Wildman–Crippen MR) is 81.9 cm³/mol. The van der Waals surface area contributed by atoms with Crippen molar-refractivity contribution in [2.24, 2.45) is 0 Å². The largest absolute Gasteiger partial charge is 0.486 e. The SMILES string of the molecule is Cc1cc(S)c(OCc2ccccc2Cl)c(Br)c1. The second-order valence-electron chi connectivity index (χ2n) is 3.98. The molecule has 0 N–H and O–H groups in total. The Labute approximate surface area is 126 Å². The van der Waals surface area contributed by atoms with Crippen LogP contribution in [0.5, 0.6) is 5.75 Å². The molecule has 0 aromatic heterocycles. The zero-order valence-corrected chi connectivity index (χ0v) is 13.0. The monoisotopic (exact) mass is 342 g/mol. The summed E-state index contributed by atoms with van der Waals surface area (Å²) in [5.41, 5.74) is 2.09. The first-order valence-corrected chi connectivity index (χ1v) is 7.05. The minimum Gasteiger partial charge on any atom is -0.486 e. The van der Waals surface area contributed by atoms with E-state index in [1.54, 1.807) is 0 Å². The molecule has 0 amide bonds. The molecular formula is C14H12BrClOS. The van der Waals surface area contributed by atoms with Gasteiger partial charge in [0, 0.05) is 15.5 Å². The average Bonchev–Trinajstić information content (AvgIpc) is 2.30. The van der Waals surface area contributed by atoms with Gasteiger partial charge in [0.25, 0.3) is 0 Å². The van der Waals surface area contributed by atoms with Crippen LogP contribution in [0.2, 0.25) is 5.02 Å². The van der Waals surface area contributed by atoms with Crippen LogP contribution in [-0.2, 0) is 6.61 Å². The summed E-state index contributed by atoms with van der Waals surface area (Å²) < 4.78 is 6.68. The number of hydrogen-bond acceptors (Lipinski definition) is 2. The van der Waals surface area contributed by atoms with Crippen molar-refractivity contribution < 1.29 is 4.74 Å². The Kier molecular flexibility index (Phi) is 4.60. The van der Waals surface area contributed by atoms with Gasteiger partial charge < -0.3 is 4.74 Å². The quantitative estimate of drug-likeness (QED) is 0.746. The maximum Gasteiger partial charge on any atom is 0.147 e. The number of ether oxygens (including phenoxy) is 1. The third kappa shape index (κ3) is 3.22. The van der Waals surface area contributed by atoms with Crippen molar-refractivity contribution in [3.8, 4) is 5.75 Å². The molecule has 4 heteroatoms. The van der Waals surface area contributed by atoms with Gasteiger partial charge in [0.15, 0.2) is 0 Å². The van der Waals surface area contributed by atoms with E-state index in [1.807, 2.05) is 43.3 Å². The van der Waals surface area contributed by atoms with Gasteiger partial charge in [0.2, 0.25) is 0 Å². The minimum atomic E-state index is 0.425.